The minimum absolute atomic E-state index is 0.112. The van der Waals surface area contributed by atoms with E-state index >= 15 is 0 Å². The van der Waals surface area contributed by atoms with Crippen molar-refractivity contribution in [3.8, 4) is 17.1 Å². The Kier molecular flexibility index (Phi) is 3.94. The van der Waals surface area contributed by atoms with Crippen molar-refractivity contribution in [2.45, 2.75) is 19.3 Å². The Morgan fingerprint density at radius 2 is 2.17 bits per heavy atom. The monoisotopic (exact) mass is 247 g/mol. The first-order valence-electron chi connectivity index (χ1n) is 5.97. The predicted molar refractivity (Wildman–Crippen MR) is 68.4 cm³/mol. The highest BCUT2D eigenvalue weighted by atomic mass is 16.5. The lowest BCUT2D eigenvalue weighted by molar-refractivity contribution is 0.351. The fraction of sp³-hybridized carbons (Fsp3) is 0.385. The first-order chi connectivity index (χ1) is 8.80. The average molecular weight is 247 g/mol. The Morgan fingerprint density at radius 1 is 1.39 bits per heavy atom. The summed E-state index contributed by atoms with van der Waals surface area (Å²) in [5, 5.41) is 3.99. The summed E-state index contributed by atoms with van der Waals surface area (Å²) in [6.45, 7) is 2.55. The summed E-state index contributed by atoms with van der Waals surface area (Å²) in [5.41, 5.74) is 6.49. The van der Waals surface area contributed by atoms with Gasteiger partial charge in [-0.1, -0.05) is 24.2 Å². The first-order valence-corrected chi connectivity index (χ1v) is 5.97. The van der Waals surface area contributed by atoms with Crippen LogP contribution in [0.3, 0.4) is 0 Å². The second-order valence-electron chi connectivity index (χ2n) is 4.00. The van der Waals surface area contributed by atoms with Gasteiger partial charge in [-0.15, -0.1) is 0 Å². The standard InChI is InChI=1S/C13H17N3O2/c1-3-9(8-14)13-15-12(16-18-13)10-6-4-5-7-11(10)17-2/h4-7,9H,3,8,14H2,1-2H3. The van der Waals surface area contributed by atoms with Crippen LogP contribution in [0, 0.1) is 0 Å². The molecule has 0 aliphatic heterocycles. The Morgan fingerprint density at radius 3 is 2.83 bits per heavy atom. The van der Waals surface area contributed by atoms with E-state index in [9.17, 15) is 0 Å². The van der Waals surface area contributed by atoms with E-state index in [1.807, 2.05) is 31.2 Å². The molecular formula is C13H17N3O2. The normalized spacial score (nSPS) is 12.4. The van der Waals surface area contributed by atoms with Crippen LogP contribution in [0.4, 0.5) is 0 Å². The lowest BCUT2D eigenvalue weighted by Crippen LogP contribution is -2.11. The molecule has 2 aromatic rings. The van der Waals surface area contributed by atoms with E-state index in [1.165, 1.54) is 0 Å². The number of rotatable bonds is 5. The molecule has 1 atom stereocenters. The Balaban J connectivity index is 2.34. The molecule has 2 rings (SSSR count). The number of ether oxygens (including phenoxy) is 1. The number of aromatic nitrogens is 2. The SMILES string of the molecule is CCC(CN)c1nc(-c2ccccc2OC)no1. The minimum atomic E-state index is 0.112. The minimum Gasteiger partial charge on any atom is -0.496 e. The molecule has 5 nitrogen and oxygen atoms in total. The third-order valence-electron chi connectivity index (χ3n) is 2.92. The maximum atomic E-state index is 5.67. The summed E-state index contributed by atoms with van der Waals surface area (Å²) in [6, 6.07) is 7.58. The number of para-hydroxylation sites is 1. The largest absolute Gasteiger partial charge is 0.496 e. The molecule has 18 heavy (non-hydrogen) atoms. The molecule has 1 heterocycles. The van der Waals surface area contributed by atoms with Gasteiger partial charge in [0.1, 0.15) is 5.75 Å². The molecule has 96 valence electrons. The van der Waals surface area contributed by atoms with Crippen molar-refractivity contribution in [2.24, 2.45) is 5.73 Å². The number of nitrogens with zero attached hydrogens (tertiary/aromatic N) is 2. The fourth-order valence-corrected chi connectivity index (χ4v) is 1.78. The van der Waals surface area contributed by atoms with Gasteiger partial charge < -0.3 is 15.0 Å². The van der Waals surface area contributed by atoms with Crippen molar-refractivity contribution in [1.82, 2.24) is 10.1 Å². The third-order valence-corrected chi connectivity index (χ3v) is 2.92. The van der Waals surface area contributed by atoms with E-state index < -0.39 is 0 Å². The van der Waals surface area contributed by atoms with Gasteiger partial charge in [0.15, 0.2) is 0 Å². The van der Waals surface area contributed by atoms with Crippen molar-refractivity contribution in [1.29, 1.82) is 0 Å². The summed E-state index contributed by atoms with van der Waals surface area (Å²) in [7, 11) is 1.62. The molecule has 1 aromatic carbocycles. The Hall–Kier alpha value is -1.88. The van der Waals surface area contributed by atoms with E-state index in [-0.39, 0.29) is 5.92 Å². The van der Waals surface area contributed by atoms with Gasteiger partial charge in [-0.2, -0.15) is 4.98 Å². The van der Waals surface area contributed by atoms with Gasteiger partial charge in [0.05, 0.1) is 18.6 Å². The van der Waals surface area contributed by atoms with Crippen molar-refractivity contribution in [2.75, 3.05) is 13.7 Å². The third kappa shape index (κ3) is 2.36. The highest BCUT2D eigenvalue weighted by molar-refractivity contribution is 5.63. The molecule has 0 fully saturated rings. The smallest absolute Gasteiger partial charge is 0.231 e. The molecule has 0 amide bonds. The van der Waals surface area contributed by atoms with E-state index in [1.54, 1.807) is 7.11 Å². The molecule has 1 unspecified atom stereocenters. The van der Waals surface area contributed by atoms with Crippen LogP contribution in [-0.4, -0.2) is 23.8 Å². The van der Waals surface area contributed by atoms with E-state index in [0.717, 1.165) is 17.7 Å². The second-order valence-corrected chi connectivity index (χ2v) is 4.00. The second kappa shape index (κ2) is 5.64. The zero-order valence-corrected chi connectivity index (χ0v) is 10.6. The van der Waals surface area contributed by atoms with Crippen LogP contribution in [0.25, 0.3) is 11.4 Å². The Bertz CT molecular complexity index is 506. The highest BCUT2D eigenvalue weighted by Gasteiger charge is 2.18. The van der Waals surface area contributed by atoms with Crippen LogP contribution in [0.15, 0.2) is 28.8 Å². The average Bonchev–Trinajstić information content (AvgIpc) is 2.89. The van der Waals surface area contributed by atoms with Gasteiger partial charge in [-0.3, -0.25) is 0 Å². The molecule has 2 N–H and O–H groups in total. The lowest BCUT2D eigenvalue weighted by Gasteiger charge is -2.05. The van der Waals surface area contributed by atoms with E-state index in [2.05, 4.69) is 10.1 Å². The van der Waals surface area contributed by atoms with Crippen LogP contribution < -0.4 is 10.5 Å². The van der Waals surface area contributed by atoms with Crippen molar-refractivity contribution >= 4 is 0 Å². The number of hydrogen-bond acceptors (Lipinski definition) is 5. The molecule has 0 spiro atoms. The van der Waals surface area contributed by atoms with Crippen molar-refractivity contribution < 1.29 is 9.26 Å². The molecule has 0 aliphatic carbocycles. The number of nitrogens with two attached hydrogens (primary N) is 1. The maximum absolute atomic E-state index is 5.67. The summed E-state index contributed by atoms with van der Waals surface area (Å²) in [6.07, 6.45) is 0.879. The van der Waals surface area contributed by atoms with Gasteiger partial charge in [0.2, 0.25) is 11.7 Å². The van der Waals surface area contributed by atoms with Gasteiger partial charge in [-0.25, -0.2) is 0 Å². The predicted octanol–water partition coefficient (Wildman–Crippen LogP) is 2.20. The van der Waals surface area contributed by atoms with Crippen LogP contribution in [0.5, 0.6) is 5.75 Å². The van der Waals surface area contributed by atoms with Gasteiger partial charge >= 0.3 is 0 Å². The molecule has 5 heteroatoms. The number of benzene rings is 1. The summed E-state index contributed by atoms with van der Waals surface area (Å²) < 4.78 is 10.5. The summed E-state index contributed by atoms with van der Waals surface area (Å²) in [5.74, 6) is 1.96. The zero-order valence-electron chi connectivity index (χ0n) is 10.6. The quantitative estimate of drug-likeness (QED) is 0.876. The van der Waals surface area contributed by atoms with Gasteiger partial charge in [0.25, 0.3) is 0 Å². The van der Waals surface area contributed by atoms with Crippen LogP contribution in [0.1, 0.15) is 25.2 Å². The zero-order chi connectivity index (χ0) is 13.0. The number of methoxy groups -OCH3 is 1. The Labute approximate surface area is 106 Å². The van der Waals surface area contributed by atoms with Crippen molar-refractivity contribution in [3.63, 3.8) is 0 Å². The molecule has 0 bridgehead atoms. The fourth-order valence-electron chi connectivity index (χ4n) is 1.78. The molecule has 0 radical (unpaired) electrons. The van der Waals surface area contributed by atoms with Crippen molar-refractivity contribution in [3.05, 3.63) is 30.2 Å². The topological polar surface area (TPSA) is 74.2 Å². The molecular weight excluding hydrogens is 230 g/mol. The summed E-state index contributed by atoms with van der Waals surface area (Å²) >= 11 is 0. The van der Waals surface area contributed by atoms with Crippen LogP contribution >= 0.6 is 0 Å². The highest BCUT2D eigenvalue weighted by Crippen LogP contribution is 2.28. The molecule has 0 saturated heterocycles. The summed E-state index contributed by atoms with van der Waals surface area (Å²) in [4.78, 5) is 4.39. The molecule has 0 saturated carbocycles. The molecule has 1 aromatic heterocycles. The first kappa shape index (κ1) is 12.6. The van der Waals surface area contributed by atoms with Crippen LogP contribution in [0.2, 0.25) is 0 Å². The van der Waals surface area contributed by atoms with Gasteiger partial charge in [0, 0.05) is 6.54 Å². The van der Waals surface area contributed by atoms with Crippen LogP contribution in [-0.2, 0) is 0 Å². The lowest BCUT2D eigenvalue weighted by atomic mass is 10.1. The molecule has 0 aliphatic rings. The van der Waals surface area contributed by atoms with Gasteiger partial charge in [-0.05, 0) is 18.6 Å². The van der Waals surface area contributed by atoms with E-state index in [0.29, 0.717) is 18.3 Å². The number of hydrogen-bond donors (Lipinski definition) is 1. The maximum Gasteiger partial charge on any atom is 0.231 e. The van der Waals surface area contributed by atoms with E-state index in [4.69, 9.17) is 15.0 Å².